The number of quaternary nitrogens is 1. The Bertz CT molecular complexity index is 132. The lowest BCUT2D eigenvalue weighted by molar-refractivity contribution is -0.817. The Morgan fingerprint density at radius 3 is 2.00 bits per heavy atom. The molecule has 0 rings (SSSR count). The predicted molar refractivity (Wildman–Crippen MR) is 34.8 cm³/mol. The van der Waals surface area contributed by atoms with E-state index >= 15 is 0 Å². The van der Waals surface area contributed by atoms with Crippen LogP contribution >= 0.6 is 0 Å². The van der Waals surface area contributed by atoms with Gasteiger partial charge >= 0.3 is 5.97 Å². The molecule has 0 saturated carbocycles. The Balaban J connectivity index is 3.86. The van der Waals surface area contributed by atoms with Gasteiger partial charge in [-0.1, -0.05) is 0 Å². The number of carboxylic acids is 1. The van der Waals surface area contributed by atoms with E-state index in [0.29, 0.717) is 4.48 Å². The summed E-state index contributed by atoms with van der Waals surface area (Å²) in [6, 6.07) is 0. The molecule has 3 heteroatoms. The van der Waals surface area contributed by atoms with Crippen LogP contribution in [0, 0.1) is 0 Å². The van der Waals surface area contributed by atoms with Crippen molar-refractivity contribution in [2.75, 3.05) is 21.1 Å². The van der Waals surface area contributed by atoms with Crippen molar-refractivity contribution in [3.63, 3.8) is 0 Å². The van der Waals surface area contributed by atoms with Crippen LogP contribution < -0.4 is 0 Å². The molecule has 0 spiro atoms. The lowest BCUT2D eigenvalue weighted by Gasteiger charge is -2.16. The second-order valence-electron chi connectivity index (χ2n) is 2.77. The predicted octanol–water partition coefficient (Wildman–Crippen LogP) is 0.291. The van der Waals surface area contributed by atoms with E-state index in [1.165, 1.54) is 0 Å². The SMILES string of the molecule is C[N+](C)(C)C=CC(=O)O. The molecule has 0 unspecified atom stereocenters. The minimum Gasteiger partial charge on any atom is -0.478 e. The second kappa shape index (κ2) is 2.64. The monoisotopic (exact) mass is 130 g/mol. The van der Waals surface area contributed by atoms with E-state index in [-0.39, 0.29) is 0 Å². The van der Waals surface area contributed by atoms with Gasteiger partial charge in [-0.05, 0) is 0 Å². The van der Waals surface area contributed by atoms with Gasteiger partial charge in [-0.25, -0.2) is 4.79 Å². The van der Waals surface area contributed by atoms with Crippen LogP contribution in [-0.2, 0) is 4.79 Å². The van der Waals surface area contributed by atoms with E-state index in [2.05, 4.69) is 0 Å². The summed E-state index contributed by atoms with van der Waals surface area (Å²) < 4.78 is 0.534. The van der Waals surface area contributed by atoms with Crippen LogP contribution in [0.4, 0.5) is 0 Å². The number of aliphatic carboxylic acids is 1. The third kappa shape index (κ3) is 7.17. The van der Waals surface area contributed by atoms with Gasteiger partial charge in [0.25, 0.3) is 0 Å². The number of carbonyl (C=O) groups is 1. The third-order valence-corrected chi connectivity index (χ3v) is 0.664. The summed E-state index contributed by atoms with van der Waals surface area (Å²) in [7, 11) is 5.66. The van der Waals surface area contributed by atoms with Crippen molar-refractivity contribution in [1.82, 2.24) is 0 Å². The molecule has 3 nitrogen and oxygen atoms in total. The molecule has 0 amide bonds. The quantitative estimate of drug-likeness (QED) is 0.431. The van der Waals surface area contributed by atoms with Crippen LogP contribution in [0.2, 0.25) is 0 Å². The minimum absolute atomic E-state index is 0.534. The molecule has 0 heterocycles. The maximum atomic E-state index is 9.95. The van der Waals surface area contributed by atoms with Gasteiger partial charge in [0, 0.05) is 0 Å². The molecule has 0 atom stereocenters. The Hall–Kier alpha value is -0.830. The molecule has 0 radical (unpaired) electrons. The average Bonchev–Trinajstić information content (AvgIpc) is 1.59. The van der Waals surface area contributed by atoms with Crippen molar-refractivity contribution >= 4 is 5.97 Å². The first-order valence-corrected chi connectivity index (χ1v) is 2.65. The molecule has 0 aromatic carbocycles. The smallest absolute Gasteiger partial charge is 0.333 e. The number of rotatable bonds is 2. The number of hydrogen-bond acceptors (Lipinski definition) is 1. The van der Waals surface area contributed by atoms with Crippen molar-refractivity contribution in [1.29, 1.82) is 0 Å². The van der Waals surface area contributed by atoms with Gasteiger partial charge < -0.3 is 9.59 Å². The van der Waals surface area contributed by atoms with E-state index in [1.807, 2.05) is 21.1 Å². The maximum absolute atomic E-state index is 9.95. The van der Waals surface area contributed by atoms with Gasteiger partial charge in [0.2, 0.25) is 0 Å². The minimum atomic E-state index is -0.900. The molecule has 0 saturated heterocycles. The zero-order chi connectivity index (χ0) is 7.49. The van der Waals surface area contributed by atoms with Gasteiger partial charge in [0.1, 0.15) is 6.20 Å². The Morgan fingerprint density at radius 1 is 1.44 bits per heavy atom. The molecule has 0 fully saturated rings. The molecule has 9 heavy (non-hydrogen) atoms. The standard InChI is InChI=1S/C6H11NO2/c1-7(2,3)5-4-6(8)9/h4-5H,1-3H3/p+1. The highest BCUT2D eigenvalue weighted by Gasteiger charge is 2.00. The summed E-state index contributed by atoms with van der Waals surface area (Å²) >= 11 is 0. The van der Waals surface area contributed by atoms with E-state index in [1.54, 1.807) is 6.20 Å². The Morgan fingerprint density at radius 2 is 1.89 bits per heavy atom. The van der Waals surface area contributed by atoms with Crippen LogP contribution in [0.1, 0.15) is 0 Å². The first-order chi connectivity index (χ1) is 3.92. The van der Waals surface area contributed by atoms with Gasteiger partial charge in [-0.3, -0.25) is 0 Å². The lowest BCUT2D eigenvalue weighted by atomic mass is 10.5. The molecular weight excluding hydrogens is 118 g/mol. The summed E-state index contributed by atoms with van der Waals surface area (Å²) in [6.45, 7) is 0. The van der Waals surface area contributed by atoms with E-state index in [9.17, 15) is 4.79 Å². The molecule has 52 valence electrons. The highest BCUT2D eigenvalue weighted by atomic mass is 16.4. The average molecular weight is 130 g/mol. The van der Waals surface area contributed by atoms with Crippen molar-refractivity contribution in [3.8, 4) is 0 Å². The highest BCUT2D eigenvalue weighted by molar-refractivity contribution is 5.79. The van der Waals surface area contributed by atoms with E-state index < -0.39 is 5.97 Å². The van der Waals surface area contributed by atoms with Gasteiger partial charge in [-0.2, -0.15) is 0 Å². The summed E-state index contributed by atoms with van der Waals surface area (Å²) in [5, 5.41) is 8.18. The summed E-state index contributed by atoms with van der Waals surface area (Å²) in [6.07, 6.45) is 2.74. The highest BCUT2D eigenvalue weighted by Crippen LogP contribution is 1.89. The second-order valence-corrected chi connectivity index (χ2v) is 2.77. The normalized spacial score (nSPS) is 12.3. The van der Waals surface area contributed by atoms with Crippen LogP contribution in [0.3, 0.4) is 0 Å². The Kier molecular flexibility index (Phi) is 2.40. The molecule has 0 aliphatic rings. The van der Waals surface area contributed by atoms with Crippen molar-refractivity contribution in [2.45, 2.75) is 0 Å². The largest absolute Gasteiger partial charge is 0.478 e. The summed E-state index contributed by atoms with van der Waals surface area (Å²) in [4.78, 5) is 9.95. The van der Waals surface area contributed by atoms with Crippen LogP contribution in [-0.4, -0.2) is 36.7 Å². The summed E-state index contributed by atoms with van der Waals surface area (Å²) in [5.74, 6) is -0.900. The van der Waals surface area contributed by atoms with Crippen LogP contribution in [0.25, 0.3) is 0 Å². The van der Waals surface area contributed by atoms with E-state index in [0.717, 1.165) is 6.08 Å². The molecule has 0 aliphatic heterocycles. The van der Waals surface area contributed by atoms with Crippen molar-refractivity contribution in [2.24, 2.45) is 0 Å². The van der Waals surface area contributed by atoms with Gasteiger partial charge in [0.05, 0.1) is 27.2 Å². The lowest BCUT2D eigenvalue weighted by Crippen LogP contribution is -2.27. The molecule has 0 bridgehead atoms. The fourth-order valence-electron chi connectivity index (χ4n) is 0.287. The molecule has 0 aliphatic carbocycles. The van der Waals surface area contributed by atoms with Crippen LogP contribution in [0.5, 0.6) is 0 Å². The fourth-order valence-corrected chi connectivity index (χ4v) is 0.287. The number of hydrogen-bond donors (Lipinski definition) is 1. The van der Waals surface area contributed by atoms with E-state index in [4.69, 9.17) is 5.11 Å². The third-order valence-electron chi connectivity index (χ3n) is 0.664. The fraction of sp³-hybridized carbons (Fsp3) is 0.500. The molecule has 0 aromatic heterocycles. The zero-order valence-corrected chi connectivity index (χ0v) is 5.96. The molecule has 0 aromatic rings. The Labute approximate surface area is 54.8 Å². The first-order valence-electron chi connectivity index (χ1n) is 2.65. The first kappa shape index (κ1) is 8.17. The molecular formula is C6H12NO2+. The maximum Gasteiger partial charge on any atom is 0.333 e. The summed E-state index contributed by atoms with van der Waals surface area (Å²) in [5.41, 5.74) is 0. The number of nitrogens with zero attached hydrogens (tertiary/aromatic N) is 1. The molecule has 1 N–H and O–H groups in total. The van der Waals surface area contributed by atoms with Gasteiger partial charge in [0.15, 0.2) is 0 Å². The van der Waals surface area contributed by atoms with Crippen molar-refractivity contribution in [3.05, 3.63) is 12.3 Å². The van der Waals surface area contributed by atoms with Crippen molar-refractivity contribution < 1.29 is 14.4 Å². The zero-order valence-electron chi connectivity index (χ0n) is 5.96. The topological polar surface area (TPSA) is 37.3 Å². The van der Waals surface area contributed by atoms with Crippen LogP contribution in [0.15, 0.2) is 12.3 Å². The van der Waals surface area contributed by atoms with Gasteiger partial charge in [-0.15, -0.1) is 0 Å². The number of carboxylic acid groups (broad SMARTS) is 1.